The Bertz CT molecular complexity index is 1330. The minimum Gasteiger partial charge on any atom is -0.494 e. The average Bonchev–Trinajstić information content (AvgIpc) is 2.86. The normalized spacial score (nSPS) is 10.5. The number of anilines is 1. The zero-order valence-corrected chi connectivity index (χ0v) is 18.7. The third kappa shape index (κ3) is 4.31. The van der Waals surface area contributed by atoms with E-state index in [0.29, 0.717) is 16.6 Å². The van der Waals surface area contributed by atoms with E-state index in [1.54, 1.807) is 36.4 Å². The summed E-state index contributed by atoms with van der Waals surface area (Å²) in [5.74, 6) is -0.311. The van der Waals surface area contributed by atoms with Crippen LogP contribution in [0, 0.1) is 0 Å². The van der Waals surface area contributed by atoms with E-state index in [0.717, 1.165) is 10.6 Å². The molecule has 1 heterocycles. The lowest BCUT2D eigenvalue weighted by Gasteiger charge is -2.24. The van der Waals surface area contributed by atoms with E-state index in [1.807, 2.05) is 42.5 Å². The fraction of sp³-hybridized carbons (Fsp3) is 0.0800. The first-order valence-corrected chi connectivity index (χ1v) is 10.4. The van der Waals surface area contributed by atoms with Crippen molar-refractivity contribution in [1.82, 2.24) is 10.4 Å². The molecule has 4 aromatic rings. The Morgan fingerprint density at radius 2 is 1.58 bits per heavy atom. The van der Waals surface area contributed by atoms with Gasteiger partial charge in [-0.05, 0) is 18.2 Å². The van der Waals surface area contributed by atoms with Crippen molar-refractivity contribution in [2.75, 3.05) is 19.2 Å². The number of aromatic nitrogens is 1. The number of amides is 2. The van der Waals surface area contributed by atoms with Crippen molar-refractivity contribution in [2.45, 2.75) is 0 Å². The first kappa shape index (κ1) is 22.1. The highest BCUT2D eigenvalue weighted by Crippen LogP contribution is 2.36. The summed E-state index contributed by atoms with van der Waals surface area (Å²) in [5.41, 5.74) is 4.99. The Hall–Kier alpha value is -4.10. The number of halogens is 1. The van der Waals surface area contributed by atoms with E-state index in [4.69, 9.17) is 26.1 Å². The first-order valence-electron chi connectivity index (χ1n) is 10.0. The number of hydrogen-bond donors (Lipinski definition) is 1. The molecule has 0 aliphatic rings. The highest BCUT2D eigenvalue weighted by molar-refractivity contribution is 6.33. The van der Waals surface area contributed by atoms with Crippen molar-refractivity contribution >= 4 is 40.2 Å². The van der Waals surface area contributed by atoms with Crippen LogP contribution in [0.15, 0.2) is 78.9 Å². The number of methoxy groups -OCH3 is 2. The van der Waals surface area contributed by atoms with E-state index in [9.17, 15) is 9.59 Å². The predicted molar refractivity (Wildman–Crippen MR) is 128 cm³/mol. The van der Waals surface area contributed by atoms with Crippen LogP contribution in [0.1, 0.15) is 10.4 Å². The van der Waals surface area contributed by atoms with Crippen molar-refractivity contribution in [2.24, 2.45) is 0 Å². The summed E-state index contributed by atoms with van der Waals surface area (Å²) in [6.45, 7) is 0. The van der Waals surface area contributed by atoms with Gasteiger partial charge in [0.2, 0.25) is 0 Å². The lowest BCUT2D eigenvalue weighted by Crippen LogP contribution is -2.46. The number of carbonyl (C=O) groups excluding carboxylic acids is 2. The van der Waals surface area contributed by atoms with Gasteiger partial charge in [0.15, 0.2) is 5.75 Å². The van der Waals surface area contributed by atoms with Gasteiger partial charge >= 0.3 is 6.09 Å². The van der Waals surface area contributed by atoms with E-state index in [-0.39, 0.29) is 22.0 Å². The van der Waals surface area contributed by atoms with Gasteiger partial charge in [0, 0.05) is 10.9 Å². The van der Waals surface area contributed by atoms with E-state index in [2.05, 4.69) is 5.43 Å². The molecule has 0 saturated carbocycles. The van der Waals surface area contributed by atoms with Crippen LogP contribution in [0.25, 0.3) is 22.2 Å². The van der Waals surface area contributed by atoms with Crippen molar-refractivity contribution in [3.8, 4) is 17.0 Å². The van der Waals surface area contributed by atoms with Gasteiger partial charge in [-0.2, -0.15) is 5.01 Å². The lowest BCUT2D eigenvalue weighted by molar-refractivity contribution is 0.0939. The van der Waals surface area contributed by atoms with Gasteiger partial charge in [-0.1, -0.05) is 72.3 Å². The SMILES string of the molecule is COC(=O)N(NC(=O)c1c(OC)c(-c2ccccc2)nc2ccccc12)c1ccccc1Cl. The molecule has 1 aromatic heterocycles. The number of carbonyl (C=O) groups is 2. The Morgan fingerprint density at radius 3 is 2.27 bits per heavy atom. The number of pyridine rings is 1. The molecule has 3 aromatic carbocycles. The van der Waals surface area contributed by atoms with Gasteiger partial charge in [0.1, 0.15) is 5.69 Å². The molecule has 0 unspecified atom stereocenters. The molecule has 4 rings (SSSR count). The third-order valence-corrected chi connectivity index (χ3v) is 5.31. The van der Waals surface area contributed by atoms with Crippen molar-refractivity contribution in [1.29, 1.82) is 0 Å². The molecule has 33 heavy (non-hydrogen) atoms. The van der Waals surface area contributed by atoms with Crippen LogP contribution in [-0.2, 0) is 4.74 Å². The quantitative estimate of drug-likeness (QED) is 0.407. The Morgan fingerprint density at radius 1 is 0.909 bits per heavy atom. The lowest BCUT2D eigenvalue weighted by atomic mass is 10.0. The number of nitrogens with zero attached hydrogens (tertiary/aromatic N) is 2. The molecule has 0 saturated heterocycles. The molecule has 2 amide bonds. The van der Waals surface area contributed by atoms with Crippen LogP contribution in [0.5, 0.6) is 5.75 Å². The third-order valence-electron chi connectivity index (χ3n) is 4.99. The molecule has 0 fully saturated rings. The second kappa shape index (κ2) is 9.58. The van der Waals surface area contributed by atoms with Crippen LogP contribution < -0.4 is 15.2 Å². The summed E-state index contributed by atoms with van der Waals surface area (Å²) in [6, 6.07) is 23.2. The molecule has 166 valence electrons. The van der Waals surface area contributed by atoms with Gasteiger partial charge in [-0.25, -0.2) is 9.78 Å². The maximum Gasteiger partial charge on any atom is 0.433 e. The predicted octanol–water partition coefficient (Wildman–Crippen LogP) is 5.48. The summed E-state index contributed by atoms with van der Waals surface area (Å²) in [6.07, 6.45) is -0.808. The number of rotatable bonds is 4. The Kier molecular flexibility index (Phi) is 6.42. The zero-order chi connectivity index (χ0) is 23.4. The van der Waals surface area contributed by atoms with Crippen LogP contribution in [0.2, 0.25) is 5.02 Å². The summed E-state index contributed by atoms with van der Waals surface area (Å²) in [5, 5.41) is 1.79. The number of nitrogens with one attached hydrogen (secondary N) is 1. The van der Waals surface area contributed by atoms with Crippen molar-refractivity contribution in [3.63, 3.8) is 0 Å². The molecule has 0 bridgehead atoms. The smallest absolute Gasteiger partial charge is 0.433 e. The van der Waals surface area contributed by atoms with E-state index in [1.165, 1.54) is 14.2 Å². The average molecular weight is 462 g/mol. The van der Waals surface area contributed by atoms with Gasteiger partial charge in [-0.3, -0.25) is 10.2 Å². The largest absolute Gasteiger partial charge is 0.494 e. The number of hydrogen-bond acceptors (Lipinski definition) is 5. The second-order valence-electron chi connectivity index (χ2n) is 6.95. The van der Waals surface area contributed by atoms with Crippen LogP contribution in [-0.4, -0.2) is 31.2 Å². The molecular formula is C25H20ClN3O4. The maximum atomic E-state index is 13.6. The Balaban J connectivity index is 1.88. The fourth-order valence-corrected chi connectivity index (χ4v) is 3.72. The highest BCUT2D eigenvalue weighted by atomic mass is 35.5. The summed E-state index contributed by atoms with van der Waals surface area (Å²) >= 11 is 6.27. The maximum absolute atomic E-state index is 13.6. The minimum atomic E-state index is -0.808. The number of para-hydroxylation sites is 2. The number of ether oxygens (including phenoxy) is 2. The number of hydrazine groups is 1. The number of fused-ring (bicyclic) bond motifs is 1. The molecule has 0 aliphatic heterocycles. The van der Waals surface area contributed by atoms with Gasteiger partial charge in [-0.15, -0.1) is 0 Å². The highest BCUT2D eigenvalue weighted by Gasteiger charge is 2.27. The van der Waals surface area contributed by atoms with Crippen molar-refractivity contribution < 1.29 is 19.1 Å². The Labute approximate surface area is 195 Å². The topological polar surface area (TPSA) is 80.8 Å². The van der Waals surface area contributed by atoms with Gasteiger partial charge in [0.05, 0.1) is 36.0 Å². The molecule has 8 heteroatoms. The summed E-state index contributed by atoms with van der Waals surface area (Å²) in [4.78, 5) is 30.9. The van der Waals surface area contributed by atoms with Crippen molar-refractivity contribution in [3.05, 3.63) is 89.4 Å². The summed E-state index contributed by atoms with van der Waals surface area (Å²) in [7, 11) is 2.69. The molecule has 0 aliphatic carbocycles. The fourth-order valence-electron chi connectivity index (χ4n) is 3.50. The standard InChI is InChI=1S/C25H20ClN3O4/c1-32-23-21(24(30)28-29(25(31)33-2)20-15-9-7-13-18(20)26)17-12-6-8-14-19(17)27-22(23)16-10-4-3-5-11-16/h3-15H,1-2H3,(H,28,30). The number of benzene rings is 3. The zero-order valence-electron chi connectivity index (χ0n) is 17.9. The van der Waals surface area contributed by atoms with E-state index < -0.39 is 12.0 Å². The van der Waals surface area contributed by atoms with Crippen LogP contribution in [0.4, 0.5) is 10.5 Å². The monoisotopic (exact) mass is 461 g/mol. The molecule has 0 spiro atoms. The molecule has 0 radical (unpaired) electrons. The summed E-state index contributed by atoms with van der Waals surface area (Å²) < 4.78 is 10.5. The van der Waals surface area contributed by atoms with E-state index >= 15 is 0 Å². The molecule has 7 nitrogen and oxygen atoms in total. The molecule has 1 N–H and O–H groups in total. The second-order valence-corrected chi connectivity index (χ2v) is 7.36. The molecular weight excluding hydrogens is 442 g/mol. The van der Waals surface area contributed by atoms with Crippen LogP contribution >= 0.6 is 11.6 Å². The minimum absolute atomic E-state index is 0.225. The molecule has 0 atom stereocenters. The van der Waals surface area contributed by atoms with Crippen LogP contribution in [0.3, 0.4) is 0 Å². The van der Waals surface area contributed by atoms with Gasteiger partial charge < -0.3 is 9.47 Å². The first-order chi connectivity index (χ1) is 16.0. The van der Waals surface area contributed by atoms with Gasteiger partial charge in [0.25, 0.3) is 5.91 Å².